The number of ether oxygens (including phenoxy) is 1. The van der Waals surface area contributed by atoms with Crippen LogP contribution in [0.25, 0.3) is 10.9 Å². The predicted octanol–water partition coefficient (Wildman–Crippen LogP) is 3.15. The summed E-state index contributed by atoms with van der Waals surface area (Å²) in [6.45, 7) is 0.453. The van der Waals surface area contributed by atoms with Crippen LogP contribution in [0.2, 0.25) is 0 Å². The molecule has 152 valence electrons. The number of methoxy groups -OCH3 is 1. The van der Waals surface area contributed by atoms with Crippen molar-refractivity contribution in [1.82, 2.24) is 15.3 Å². The predicted molar refractivity (Wildman–Crippen MR) is 114 cm³/mol. The monoisotopic (exact) mass is 401 g/mol. The van der Waals surface area contributed by atoms with Crippen LogP contribution in [0.1, 0.15) is 23.7 Å². The van der Waals surface area contributed by atoms with E-state index >= 15 is 0 Å². The molecule has 0 radical (unpaired) electrons. The minimum absolute atomic E-state index is 0.00322. The molecular formula is C24H23N3O3. The molecule has 2 N–H and O–H groups in total. The highest BCUT2D eigenvalue weighted by Crippen LogP contribution is 2.52. The number of amides is 1. The molecular weight excluding hydrogens is 378 g/mol. The molecule has 0 aliphatic heterocycles. The van der Waals surface area contributed by atoms with E-state index in [1.165, 1.54) is 0 Å². The Balaban J connectivity index is 1.40. The summed E-state index contributed by atoms with van der Waals surface area (Å²) in [5.74, 6) is 1.44. The van der Waals surface area contributed by atoms with Gasteiger partial charge >= 0.3 is 0 Å². The number of aromatic nitrogens is 2. The Labute approximate surface area is 174 Å². The number of nitrogens with zero attached hydrogens (tertiary/aromatic N) is 1. The number of rotatable bonds is 5. The van der Waals surface area contributed by atoms with Crippen LogP contribution in [0, 0.1) is 17.8 Å². The number of para-hydroxylation sites is 1. The van der Waals surface area contributed by atoms with Crippen molar-refractivity contribution in [1.29, 1.82) is 0 Å². The quantitative estimate of drug-likeness (QED) is 0.644. The summed E-state index contributed by atoms with van der Waals surface area (Å²) in [5, 5.41) is 3.65. The Kier molecular flexibility index (Phi) is 4.62. The van der Waals surface area contributed by atoms with Crippen molar-refractivity contribution in [3.63, 3.8) is 0 Å². The fourth-order valence-corrected chi connectivity index (χ4v) is 4.87. The van der Waals surface area contributed by atoms with Crippen LogP contribution >= 0.6 is 0 Å². The summed E-state index contributed by atoms with van der Waals surface area (Å²) in [5.41, 5.74) is 1.52. The van der Waals surface area contributed by atoms with Gasteiger partial charge in [0.05, 0.1) is 23.9 Å². The molecule has 2 aliphatic rings. The summed E-state index contributed by atoms with van der Waals surface area (Å²) in [7, 11) is 1.63. The smallest absolute Gasteiger partial charge is 0.258 e. The molecule has 2 aliphatic carbocycles. The van der Waals surface area contributed by atoms with E-state index in [9.17, 15) is 9.59 Å². The standard InChI is InChI=1S/C24H23N3O3/c1-30-17-10-6-14(7-11-17)13-25-24(29)21-16-9-8-15(12-16)20(21)22-26-19-5-3-2-4-18(19)23(28)27-22/h2-11,15-16,20-21H,12-13H2,1H3,(H,25,29)(H,26,27,28)/t15-,16+,20-,21-/m0/s1. The van der Waals surface area contributed by atoms with Gasteiger partial charge in [-0.1, -0.05) is 36.4 Å². The average molecular weight is 401 g/mol. The lowest BCUT2D eigenvalue weighted by Crippen LogP contribution is -2.37. The van der Waals surface area contributed by atoms with Crippen molar-refractivity contribution < 1.29 is 9.53 Å². The third kappa shape index (κ3) is 3.18. The van der Waals surface area contributed by atoms with Crippen LogP contribution in [0.5, 0.6) is 5.75 Å². The van der Waals surface area contributed by atoms with Crippen molar-refractivity contribution in [3.8, 4) is 5.75 Å². The number of hydrogen-bond acceptors (Lipinski definition) is 4. The molecule has 0 saturated heterocycles. The molecule has 1 heterocycles. The van der Waals surface area contributed by atoms with E-state index in [0.717, 1.165) is 17.7 Å². The number of hydrogen-bond donors (Lipinski definition) is 2. The zero-order valence-electron chi connectivity index (χ0n) is 16.7. The Morgan fingerprint density at radius 3 is 2.70 bits per heavy atom. The molecule has 2 bridgehead atoms. The lowest BCUT2D eigenvalue weighted by Gasteiger charge is -2.26. The van der Waals surface area contributed by atoms with Crippen molar-refractivity contribution in [2.45, 2.75) is 18.9 Å². The van der Waals surface area contributed by atoms with Crippen molar-refractivity contribution in [2.75, 3.05) is 7.11 Å². The number of aromatic amines is 1. The van der Waals surface area contributed by atoms with Gasteiger partial charge in [-0.25, -0.2) is 4.98 Å². The SMILES string of the molecule is COc1ccc(CNC(=O)[C@@H]2[C@@H](c3nc4ccccc4c(=O)[nH]3)[C@H]3C=C[C@@H]2C3)cc1. The molecule has 30 heavy (non-hydrogen) atoms. The number of fused-ring (bicyclic) bond motifs is 3. The molecule has 1 fully saturated rings. The van der Waals surface area contributed by atoms with Gasteiger partial charge in [-0.2, -0.15) is 0 Å². The fourth-order valence-electron chi connectivity index (χ4n) is 4.87. The first-order valence-electron chi connectivity index (χ1n) is 10.2. The Morgan fingerprint density at radius 2 is 1.90 bits per heavy atom. The van der Waals surface area contributed by atoms with E-state index in [0.29, 0.717) is 23.3 Å². The van der Waals surface area contributed by atoms with E-state index in [2.05, 4.69) is 22.5 Å². The van der Waals surface area contributed by atoms with Gasteiger partial charge in [-0.3, -0.25) is 9.59 Å². The van der Waals surface area contributed by atoms with Crippen LogP contribution in [0.15, 0.2) is 65.5 Å². The Morgan fingerprint density at radius 1 is 1.13 bits per heavy atom. The molecule has 4 atom stereocenters. The molecule has 5 rings (SSSR count). The van der Waals surface area contributed by atoms with Gasteiger partial charge in [-0.05, 0) is 48.1 Å². The van der Waals surface area contributed by atoms with Gasteiger partial charge in [0.1, 0.15) is 11.6 Å². The molecule has 2 aromatic carbocycles. The Bertz CT molecular complexity index is 1180. The number of carbonyl (C=O) groups is 1. The molecule has 1 aromatic heterocycles. The minimum Gasteiger partial charge on any atom is -0.497 e. The summed E-state index contributed by atoms with van der Waals surface area (Å²) in [4.78, 5) is 33.4. The van der Waals surface area contributed by atoms with Crippen LogP contribution in [0.3, 0.4) is 0 Å². The number of benzene rings is 2. The fraction of sp³-hybridized carbons (Fsp3) is 0.292. The summed E-state index contributed by atoms with van der Waals surface area (Å²) in [6.07, 6.45) is 5.22. The number of H-pyrrole nitrogens is 1. The minimum atomic E-state index is -0.234. The number of allylic oxidation sites excluding steroid dienone is 2. The first kappa shape index (κ1) is 18.6. The maximum atomic E-state index is 13.2. The number of carbonyl (C=O) groups excluding carboxylic acids is 1. The van der Waals surface area contributed by atoms with Gasteiger partial charge in [0.2, 0.25) is 5.91 Å². The first-order valence-corrected chi connectivity index (χ1v) is 10.2. The molecule has 1 saturated carbocycles. The molecule has 0 spiro atoms. The van der Waals surface area contributed by atoms with E-state index in [-0.39, 0.29) is 35.1 Å². The second kappa shape index (κ2) is 7.44. The van der Waals surface area contributed by atoms with Crippen LogP contribution in [-0.4, -0.2) is 23.0 Å². The van der Waals surface area contributed by atoms with Gasteiger partial charge in [0.15, 0.2) is 0 Å². The molecule has 0 unspecified atom stereocenters. The van der Waals surface area contributed by atoms with E-state index in [4.69, 9.17) is 9.72 Å². The topological polar surface area (TPSA) is 84.1 Å². The third-order valence-electron chi connectivity index (χ3n) is 6.33. The zero-order valence-corrected chi connectivity index (χ0v) is 16.7. The highest BCUT2D eigenvalue weighted by molar-refractivity contribution is 5.82. The van der Waals surface area contributed by atoms with Gasteiger partial charge < -0.3 is 15.0 Å². The average Bonchev–Trinajstić information content (AvgIpc) is 3.39. The maximum Gasteiger partial charge on any atom is 0.258 e. The second-order valence-electron chi connectivity index (χ2n) is 8.03. The summed E-state index contributed by atoms with van der Waals surface area (Å²) in [6, 6.07) is 15.0. The van der Waals surface area contributed by atoms with Crippen LogP contribution in [-0.2, 0) is 11.3 Å². The molecule has 6 heteroatoms. The summed E-state index contributed by atoms with van der Waals surface area (Å²) < 4.78 is 5.18. The highest BCUT2D eigenvalue weighted by Gasteiger charge is 2.49. The van der Waals surface area contributed by atoms with Gasteiger partial charge in [0.25, 0.3) is 5.56 Å². The van der Waals surface area contributed by atoms with Crippen molar-refractivity contribution >= 4 is 16.8 Å². The van der Waals surface area contributed by atoms with E-state index < -0.39 is 0 Å². The largest absolute Gasteiger partial charge is 0.497 e. The summed E-state index contributed by atoms with van der Waals surface area (Å²) >= 11 is 0. The second-order valence-corrected chi connectivity index (χ2v) is 8.03. The first-order chi connectivity index (χ1) is 14.6. The number of nitrogens with one attached hydrogen (secondary N) is 2. The molecule has 6 nitrogen and oxygen atoms in total. The molecule has 3 aromatic rings. The normalized spacial score (nSPS) is 24.3. The zero-order chi connectivity index (χ0) is 20.7. The van der Waals surface area contributed by atoms with Gasteiger partial charge in [-0.15, -0.1) is 0 Å². The third-order valence-corrected chi connectivity index (χ3v) is 6.33. The van der Waals surface area contributed by atoms with Crippen LogP contribution in [0.4, 0.5) is 0 Å². The maximum absolute atomic E-state index is 13.2. The highest BCUT2D eigenvalue weighted by atomic mass is 16.5. The van der Waals surface area contributed by atoms with E-state index in [1.807, 2.05) is 42.5 Å². The van der Waals surface area contributed by atoms with Crippen molar-refractivity contribution in [2.24, 2.45) is 17.8 Å². The lowest BCUT2D eigenvalue weighted by molar-refractivity contribution is -0.126. The lowest BCUT2D eigenvalue weighted by atomic mass is 9.81. The van der Waals surface area contributed by atoms with E-state index in [1.54, 1.807) is 13.2 Å². The molecule has 1 amide bonds. The van der Waals surface area contributed by atoms with Gasteiger partial charge in [0, 0.05) is 12.5 Å². The van der Waals surface area contributed by atoms with Crippen LogP contribution < -0.4 is 15.6 Å². The van der Waals surface area contributed by atoms with Crippen molar-refractivity contribution in [3.05, 3.63) is 82.4 Å². The Hall–Kier alpha value is -3.41.